The number of piperidine rings is 1. The molecule has 0 aromatic heterocycles. The van der Waals surface area contributed by atoms with E-state index in [1.807, 2.05) is 17.0 Å². The highest BCUT2D eigenvalue weighted by Gasteiger charge is 2.31. The average molecular weight is 345 g/mol. The fourth-order valence-corrected chi connectivity index (χ4v) is 3.68. The first-order chi connectivity index (χ1) is 12.2. The Morgan fingerprint density at radius 1 is 1.16 bits per heavy atom. The van der Waals surface area contributed by atoms with E-state index in [4.69, 9.17) is 9.47 Å². The van der Waals surface area contributed by atoms with Gasteiger partial charge in [0.05, 0.1) is 0 Å². The summed E-state index contributed by atoms with van der Waals surface area (Å²) in [5.74, 6) is 1.59. The quantitative estimate of drug-likeness (QED) is 0.868. The molecule has 1 aromatic carbocycles. The average Bonchev–Trinajstić information content (AvgIpc) is 3.09. The maximum atomic E-state index is 12.6. The van der Waals surface area contributed by atoms with Crippen LogP contribution in [-0.2, 0) is 16.1 Å². The van der Waals surface area contributed by atoms with E-state index in [0.717, 1.165) is 50.6 Å². The molecule has 0 spiro atoms. The van der Waals surface area contributed by atoms with Crippen LogP contribution in [0.25, 0.3) is 0 Å². The molecule has 3 aliphatic rings. The number of amides is 2. The number of nitrogens with one attached hydrogen (secondary N) is 1. The number of carbonyl (C=O) groups is 2. The first kappa shape index (κ1) is 16.2. The molecule has 4 rings (SSSR count). The molecule has 25 heavy (non-hydrogen) atoms. The molecule has 1 atom stereocenters. The second kappa shape index (κ2) is 6.92. The number of piperazine rings is 1. The minimum Gasteiger partial charge on any atom is -0.454 e. The Kier molecular flexibility index (Phi) is 4.48. The first-order valence-corrected chi connectivity index (χ1v) is 8.85. The van der Waals surface area contributed by atoms with E-state index in [2.05, 4.69) is 16.3 Å². The van der Waals surface area contributed by atoms with E-state index >= 15 is 0 Å². The summed E-state index contributed by atoms with van der Waals surface area (Å²) in [7, 11) is 0. The maximum Gasteiger partial charge on any atom is 0.231 e. The number of nitrogens with zero attached hydrogens (tertiary/aromatic N) is 2. The molecule has 1 unspecified atom stereocenters. The summed E-state index contributed by atoms with van der Waals surface area (Å²) >= 11 is 0. The number of hydrogen-bond acceptors (Lipinski definition) is 5. The molecule has 2 saturated heterocycles. The Balaban J connectivity index is 1.29. The van der Waals surface area contributed by atoms with Gasteiger partial charge in [-0.3, -0.25) is 14.5 Å². The fourth-order valence-electron chi connectivity index (χ4n) is 3.68. The van der Waals surface area contributed by atoms with Gasteiger partial charge in [0.25, 0.3) is 0 Å². The summed E-state index contributed by atoms with van der Waals surface area (Å²) in [5.41, 5.74) is 1.19. The molecule has 7 nitrogen and oxygen atoms in total. The lowest BCUT2D eigenvalue weighted by atomic mass is 9.95. The Hall–Kier alpha value is -2.28. The van der Waals surface area contributed by atoms with Crippen LogP contribution < -0.4 is 14.8 Å². The van der Waals surface area contributed by atoms with Crippen molar-refractivity contribution >= 4 is 11.8 Å². The van der Waals surface area contributed by atoms with Crippen LogP contribution in [0.4, 0.5) is 0 Å². The normalized spacial score (nSPS) is 23.4. The van der Waals surface area contributed by atoms with Gasteiger partial charge in [-0.15, -0.1) is 0 Å². The molecule has 0 aliphatic carbocycles. The molecular formula is C18H23N3O4. The summed E-state index contributed by atoms with van der Waals surface area (Å²) < 4.78 is 10.8. The summed E-state index contributed by atoms with van der Waals surface area (Å²) in [4.78, 5) is 28.3. The van der Waals surface area contributed by atoms with Crippen molar-refractivity contribution in [3.63, 3.8) is 0 Å². The summed E-state index contributed by atoms with van der Waals surface area (Å²) in [6, 6.07) is 6.04. The van der Waals surface area contributed by atoms with Crippen LogP contribution in [0.3, 0.4) is 0 Å². The van der Waals surface area contributed by atoms with Crippen LogP contribution >= 0.6 is 0 Å². The number of ether oxygens (including phenoxy) is 2. The van der Waals surface area contributed by atoms with Gasteiger partial charge in [-0.05, 0) is 24.1 Å². The van der Waals surface area contributed by atoms with Crippen molar-refractivity contribution < 1.29 is 19.1 Å². The lowest BCUT2D eigenvalue weighted by Crippen LogP contribution is -2.51. The standard InChI is InChI=1S/C18H23N3O4/c22-17-10-14(3-4-19-17)18(23)21-7-5-20(6-8-21)11-13-1-2-15-16(9-13)25-12-24-15/h1-2,9,14H,3-8,10-12H2,(H,19,22). The van der Waals surface area contributed by atoms with Gasteiger partial charge in [0.1, 0.15) is 0 Å². The second-order valence-electron chi connectivity index (χ2n) is 6.83. The van der Waals surface area contributed by atoms with Crippen LogP contribution in [0.1, 0.15) is 18.4 Å². The third-order valence-electron chi connectivity index (χ3n) is 5.12. The van der Waals surface area contributed by atoms with Gasteiger partial charge in [-0.25, -0.2) is 0 Å². The highest BCUT2D eigenvalue weighted by Crippen LogP contribution is 2.32. The molecule has 3 aliphatic heterocycles. The van der Waals surface area contributed by atoms with E-state index in [1.54, 1.807) is 0 Å². The molecule has 2 amide bonds. The summed E-state index contributed by atoms with van der Waals surface area (Å²) in [6.45, 7) is 4.88. The van der Waals surface area contributed by atoms with Crippen molar-refractivity contribution in [2.24, 2.45) is 5.92 Å². The molecule has 1 N–H and O–H groups in total. The van der Waals surface area contributed by atoms with E-state index < -0.39 is 0 Å². The monoisotopic (exact) mass is 345 g/mol. The van der Waals surface area contributed by atoms with Crippen LogP contribution in [0.15, 0.2) is 18.2 Å². The van der Waals surface area contributed by atoms with Gasteiger partial charge < -0.3 is 19.7 Å². The lowest BCUT2D eigenvalue weighted by Gasteiger charge is -2.37. The zero-order chi connectivity index (χ0) is 17.2. The highest BCUT2D eigenvalue weighted by molar-refractivity contribution is 5.87. The topological polar surface area (TPSA) is 71.1 Å². The minimum absolute atomic E-state index is 0.00829. The van der Waals surface area contributed by atoms with Gasteiger partial charge in [0.2, 0.25) is 18.6 Å². The number of rotatable bonds is 3. The number of benzene rings is 1. The van der Waals surface area contributed by atoms with E-state index in [9.17, 15) is 9.59 Å². The van der Waals surface area contributed by atoms with Gasteiger partial charge in [0, 0.05) is 51.6 Å². The smallest absolute Gasteiger partial charge is 0.231 e. The predicted molar refractivity (Wildman–Crippen MR) is 90.2 cm³/mol. The fraction of sp³-hybridized carbons (Fsp3) is 0.556. The molecule has 0 saturated carbocycles. The zero-order valence-corrected chi connectivity index (χ0v) is 14.2. The van der Waals surface area contributed by atoms with Crippen molar-refractivity contribution in [3.05, 3.63) is 23.8 Å². The zero-order valence-electron chi connectivity index (χ0n) is 14.2. The van der Waals surface area contributed by atoms with E-state index in [-0.39, 0.29) is 17.7 Å². The van der Waals surface area contributed by atoms with Gasteiger partial charge in [-0.2, -0.15) is 0 Å². The number of hydrogen-bond donors (Lipinski definition) is 1. The largest absolute Gasteiger partial charge is 0.454 e. The number of fused-ring (bicyclic) bond motifs is 1. The summed E-state index contributed by atoms with van der Waals surface area (Å²) in [5, 5.41) is 2.78. The summed E-state index contributed by atoms with van der Waals surface area (Å²) in [6.07, 6.45) is 1.08. The van der Waals surface area contributed by atoms with E-state index in [1.165, 1.54) is 5.56 Å². The van der Waals surface area contributed by atoms with Crippen LogP contribution in [0, 0.1) is 5.92 Å². The number of carbonyl (C=O) groups excluding carboxylic acids is 2. The second-order valence-corrected chi connectivity index (χ2v) is 6.83. The SMILES string of the molecule is O=C1CC(C(=O)N2CCN(Cc3ccc4c(c3)OCO4)CC2)CCN1. The van der Waals surface area contributed by atoms with Crippen molar-refractivity contribution in [2.75, 3.05) is 39.5 Å². The molecule has 7 heteroatoms. The predicted octanol–water partition coefficient (Wildman–Crippen LogP) is 0.586. The Labute approximate surface area is 146 Å². The van der Waals surface area contributed by atoms with Crippen molar-refractivity contribution in [1.29, 1.82) is 0 Å². The third-order valence-corrected chi connectivity index (χ3v) is 5.12. The van der Waals surface area contributed by atoms with Crippen molar-refractivity contribution in [1.82, 2.24) is 15.1 Å². The highest BCUT2D eigenvalue weighted by atomic mass is 16.7. The minimum atomic E-state index is -0.144. The molecule has 2 fully saturated rings. The van der Waals surface area contributed by atoms with Crippen LogP contribution in [0.5, 0.6) is 11.5 Å². The molecule has 3 heterocycles. The maximum absolute atomic E-state index is 12.6. The third kappa shape index (κ3) is 3.56. The van der Waals surface area contributed by atoms with Gasteiger partial charge >= 0.3 is 0 Å². The van der Waals surface area contributed by atoms with E-state index in [0.29, 0.717) is 19.8 Å². The molecule has 0 radical (unpaired) electrons. The molecule has 1 aromatic rings. The first-order valence-electron chi connectivity index (χ1n) is 8.85. The molecule has 0 bridgehead atoms. The van der Waals surface area contributed by atoms with Gasteiger partial charge in [0.15, 0.2) is 11.5 Å². The van der Waals surface area contributed by atoms with Crippen molar-refractivity contribution in [3.8, 4) is 11.5 Å². The molecule has 134 valence electrons. The Bertz CT molecular complexity index is 670. The van der Waals surface area contributed by atoms with Crippen LogP contribution in [-0.4, -0.2) is 61.1 Å². The Morgan fingerprint density at radius 2 is 1.96 bits per heavy atom. The van der Waals surface area contributed by atoms with Gasteiger partial charge in [-0.1, -0.05) is 6.07 Å². The molecular weight excluding hydrogens is 322 g/mol. The van der Waals surface area contributed by atoms with Crippen LogP contribution in [0.2, 0.25) is 0 Å². The lowest BCUT2D eigenvalue weighted by molar-refractivity contribution is -0.141. The van der Waals surface area contributed by atoms with Crippen molar-refractivity contribution in [2.45, 2.75) is 19.4 Å². The Morgan fingerprint density at radius 3 is 2.76 bits per heavy atom.